The van der Waals surface area contributed by atoms with Crippen molar-refractivity contribution in [1.29, 1.82) is 0 Å². The molecule has 0 aliphatic heterocycles. The third-order valence-electron chi connectivity index (χ3n) is 4.07. The molecule has 1 fully saturated rings. The summed E-state index contributed by atoms with van der Waals surface area (Å²) in [4.78, 5) is 4.38. The molecule has 0 bridgehead atoms. The summed E-state index contributed by atoms with van der Waals surface area (Å²) in [5.41, 5.74) is 7.98. The van der Waals surface area contributed by atoms with Crippen molar-refractivity contribution in [3.05, 3.63) is 21.5 Å². The van der Waals surface area contributed by atoms with Gasteiger partial charge in [-0.15, -0.1) is 0 Å². The number of nitrogens with two attached hydrogens (primary N) is 1. The second-order valence-corrected chi connectivity index (χ2v) is 7.32. The Morgan fingerprint density at radius 2 is 2.21 bits per heavy atom. The highest BCUT2D eigenvalue weighted by molar-refractivity contribution is 14.1. The topological polar surface area (TPSA) is 43.8 Å². The molecular weight excluding hydrogens is 356 g/mol. The average Bonchev–Trinajstić information content (AvgIpc) is 2.79. The van der Waals surface area contributed by atoms with E-state index in [2.05, 4.69) is 18.8 Å². The molecule has 5 heteroatoms. The van der Waals surface area contributed by atoms with Gasteiger partial charge in [-0.25, -0.2) is 9.37 Å². The Bertz CT molecular complexity index is 648. The van der Waals surface area contributed by atoms with Crippen LogP contribution in [0.3, 0.4) is 0 Å². The number of halogens is 2. The fourth-order valence-electron chi connectivity index (χ4n) is 3.11. The van der Waals surface area contributed by atoms with Crippen LogP contribution >= 0.6 is 22.6 Å². The molecule has 1 aliphatic rings. The van der Waals surface area contributed by atoms with Crippen molar-refractivity contribution in [2.45, 2.75) is 39.2 Å². The summed E-state index contributed by atoms with van der Waals surface area (Å²) < 4.78 is 16.4. The number of hydrogen-bond acceptors (Lipinski definition) is 2. The summed E-state index contributed by atoms with van der Waals surface area (Å²) >= 11 is 1.98. The van der Waals surface area contributed by atoms with Gasteiger partial charge in [-0.05, 0) is 53.3 Å². The fraction of sp³-hybridized carbons (Fsp3) is 0.500. The van der Waals surface area contributed by atoms with Crippen LogP contribution in [0.4, 0.5) is 10.3 Å². The molecule has 1 atom stereocenters. The maximum Gasteiger partial charge on any atom is 0.201 e. The van der Waals surface area contributed by atoms with Crippen LogP contribution < -0.4 is 5.73 Å². The minimum atomic E-state index is -0.202. The maximum atomic E-state index is 13.8. The van der Waals surface area contributed by atoms with Gasteiger partial charge < -0.3 is 10.3 Å². The van der Waals surface area contributed by atoms with Gasteiger partial charge in [0.05, 0.1) is 14.6 Å². The summed E-state index contributed by atoms with van der Waals surface area (Å²) in [6.07, 6.45) is 3.32. The van der Waals surface area contributed by atoms with Crippen LogP contribution in [0, 0.1) is 14.8 Å². The SMILES string of the molecule is CC1(C)CCC(n2c(N)nc3cc(I)c(F)cc32)C1. The highest BCUT2D eigenvalue weighted by Crippen LogP contribution is 2.45. The largest absolute Gasteiger partial charge is 0.369 e. The Morgan fingerprint density at radius 1 is 1.47 bits per heavy atom. The van der Waals surface area contributed by atoms with Crippen molar-refractivity contribution in [3.63, 3.8) is 0 Å². The van der Waals surface area contributed by atoms with Crippen molar-refractivity contribution < 1.29 is 4.39 Å². The minimum Gasteiger partial charge on any atom is -0.369 e. The first-order valence-corrected chi connectivity index (χ1v) is 7.58. The molecular formula is C14H17FIN3. The number of benzene rings is 1. The van der Waals surface area contributed by atoms with E-state index in [0.717, 1.165) is 23.9 Å². The molecule has 1 heterocycles. The number of imidazole rings is 1. The summed E-state index contributed by atoms with van der Waals surface area (Å²) in [6.45, 7) is 4.54. The molecule has 1 aliphatic carbocycles. The third kappa shape index (κ3) is 2.22. The lowest BCUT2D eigenvalue weighted by Gasteiger charge is -2.19. The summed E-state index contributed by atoms with van der Waals surface area (Å²) in [7, 11) is 0. The zero-order valence-electron chi connectivity index (χ0n) is 11.1. The van der Waals surface area contributed by atoms with Gasteiger partial charge in [0.25, 0.3) is 0 Å². The van der Waals surface area contributed by atoms with E-state index in [1.807, 2.05) is 27.2 Å². The third-order valence-corrected chi connectivity index (χ3v) is 4.89. The van der Waals surface area contributed by atoms with Crippen LogP contribution in [0.2, 0.25) is 0 Å². The van der Waals surface area contributed by atoms with Crippen molar-refractivity contribution >= 4 is 39.6 Å². The molecule has 0 saturated heterocycles. The Labute approximate surface area is 125 Å². The minimum absolute atomic E-state index is 0.202. The predicted molar refractivity (Wildman–Crippen MR) is 83.5 cm³/mol. The van der Waals surface area contributed by atoms with E-state index in [4.69, 9.17) is 5.73 Å². The zero-order valence-corrected chi connectivity index (χ0v) is 13.2. The van der Waals surface area contributed by atoms with E-state index in [1.54, 1.807) is 12.1 Å². The molecule has 0 spiro atoms. The lowest BCUT2D eigenvalue weighted by Crippen LogP contribution is -2.11. The number of aromatic nitrogens is 2. The Kier molecular flexibility index (Phi) is 2.99. The number of nitrogens with zero attached hydrogens (tertiary/aromatic N) is 2. The highest BCUT2D eigenvalue weighted by atomic mass is 127. The molecule has 3 nitrogen and oxygen atoms in total. The molecule has 102 valence electrons. The maximum absolute atomic E-state index is 13.8. The number of rotatable bonds is 1. The quantitative estimate of drug-likeness (QED) is 0.765. The van der Waals surface area contributed by atoms with Crippen LogP contribution in [0.15, 0.2) is 12.1 Å². The van der Waals surface area contributed by atoms with E-state index in [9.17, 15) is 4.39 Å². The van der Waals surface area contributed by atoms with Gasteiger partial charge in [0.15, 0.2) is 0 Å². The second kappa shape index (κ2) is 4.33. The van der Waals surface area contributed by atoms with Crippen molar-refractivity contribution in [2.24, 2.45) is 5.41 Å². The second-order valence-electron chi connectivity index (χ2n) is 6.16. The van der Waals surface area contributed by atoms with Gasteiger partial charge in [-0.2, -0.15) is 0 Å². The van der Waals surface area contributed by atoms with Gasteiger partial charge in [0.1, 0.15) is 5.82 Å². The molecule has 1 aromatic heterocycles. The van der Waals surface area contributed by atoms with Gasteiger partial charge >= 0.3 is 0 Å². The van der Waals surface area contributed by atoms with E-state index < -0.39 is 0 Å². The Balaban J connectivity index is 2.13. The van der Waals surface area contributed by atoms with Crippen molar-refractivity contribution in [3.8, 4) is 0 Å². The molecule has 1 saturated carbocycles. The van der Waals surface area contributed by atoms with Crippen LogP contribution in [0.5, 0.6) is 0 Å². The standard InChI is InChI=1S/C14H17FIN3/c1-14(2)4-3-8(7-14)19-12-5-9(15)10(16)6-11(12)18-13(19)17/h5-6,8H,3-4,7H2,1-2H3,(H2,17,18). The van der Waals surface area contributed by atoms with Crippen LogP contribution in [-0.2, 0) is 0 Å². The normalized spacial score (nSPS) is 22.2. The molecule has 3 rings (SSSR count). The van der Waals surface area contributed by atoms with E-state index in [-0.39, 0.29) is 5.82 Å². The van der Waals surface area contributed by atoms with Crippen LogP contribution in [0.25, 0.3) is 11.0 Å². The molecule has 0 amide bonds. The van der Waals surface area contributed by atoms with Gasteiger partial charge in [0, 0.05) is 12.1 Å². The zero-order chi connectivity index (χ0) is 13.8. The fourth-order valence-corrected chi connectivity index (χ4v) is 3.56. The number of fused-ring (bicyclic) bond motifs is 1. The lowest BCUT2D eigenvalue weighted by molar-refractivity contribution is 0.361. The lowest BCUT2D eigenvalue weighted by atomic mass is 9.92. The van der Waals surface area contributed by atoms with Crippen LogP contribution in [0.1, 0.15) is 39.2 Å². The highest BCUT2D eigenvalue weighted by Gasteiger charge is 2.33. The Morgan fingerprint density at radius 3 is 2.84 bits per heavy atom. The molecule has 2 aromatic rings. The molecule has 0 radical (unpaired) electrons. The number of hydrogen-bond donors (Lipinski definition) is 1. The van der Waals surface area contributed by atoms with Gasteiger partial charge in [-0.3, -0.25) is 0 Å². The first kappa shape index (κ1) is 13.1. The smallest absolute Gasteiger partial charge is 0.201 e. The molecule has 1 aromatic carbocycles. The van der Waals surface area contributed by atoms with Gasteiger partial charge in [0.2, 0.25) is 5.95 Å². The first-order chi connectivity index (χ1) is 8.87. The molecule has 19 heavy (non-hydrogen) atoms. The molecule has 1 unspecified atom stereocenters. The van der Waals surface area contributed by atoms with E-state index in [0.29, 0.717) is 21.0 Å². The predicted octanol–water partition coefficient (Wildman–Crippen LogP) is 4.11. The summed E-state index contributed by atoms with van der Waals surface area (Å²) in [5, 5.41) is 0. The van der Waals surface area contributed by atoms with Crippen LogP contribution in [-0.4, -0.2) is 9.55 Å². The van der Waals surface area contributed by atoms with Gasteiger partial charge in [-0.1, -0.05) is 13.8 Å². The molecule has 2 N–H and O–H groups in total. The monoisotopic (exact) mass is 373 g/mol. The van der Waals surface area contributed by atoms with Crippen molar-refractivity contribution in [2.75, 3.05) is 5.73 Å². The Hall–Kier alpha value is -0.850. The van der Waals surface area contributed by atoms with Crippen molar-refractivity contribution in [1.82, 2.24) is 9.55 Å². The number of anilines is 1. The van der Waals surface area contributed by atoms with E-state index >= 15 is 0 Å². The summed E-state index contributed by atoms with van der Waals surface area (Å²) in [5.74, 6) is 0.297. The van der Waals surface area contributed by atoms with E-state index in [1.165, 1.54) is 6.42 Å². The average molecular weight is 373 g/mol. The summed E-state index contributed by atoms with van der Waals surface area (Å²) in [6, 6.07) is 3.66. The first-order valence-electron chi connectivity index (χ1n) is 6.50. The number of nitrogen functional groups attached to an aromatic ring is 1.